The largest absolute Gasteiger partial charge is 0.337 e. The smallest absolute Gasteiger partial charge is 0.262 e. The average molecular weight is 507 g/mol. The summed E-state index contributed by atoms with van der Waals surface area (Å²) in [6.07, 6.45) is 0.912. The Morgan fingerprint density at radius 1 is 1.16 bits per heavy atom. The monoisotopic (exact) mass is 506 g/mol. The zero-order valence-corrected chi connectivity index (χ0v) is 20.5. The van der Waals surface area contributed by atoms with Crippen LogP contribution in [-0.2, 0) is 9.59 Å². The van der Waals surface area contributed by atoms with Crippen molar-refractivity contribution < 1.29 is 14.4 Å². The Kier molecular flexibility index (Phi) is 7.18. The number of hydrogen-bond acceptors (Lipinski definition) is 5. The molecule has 0 spiro atoms. The molecule has 0 unspecified atom stereocenters. The molecule has 2 N–H and O–H groups in total. The molecule has 31 heavy (non-hydrogen) atoms. The van der Waals surface area contributed by atoms with Gasteiger partial charge in [-0.05, 0) is 86.1 Å². The quantitative estimate of drug-likeness (QED) is 0.648. The van der Waals surface area contributed by atoms with Crippen LogP contribution in [0.5, 0.6) is 0 Å². The summed E-state index contributed by atoms with van der Waals surface area (Å²) in [4.78, 5) is 42.2. The summed E-state index contributed by atoms with van der Waals surface area (Å²) in [5, 5.41) is 5.66. The standard InChI is InChI=1S/C22H27BrN4O3S/c1-14-12-15(6-7-16(14)27-11-5-10-26(4)13-19(27)28)24-21(30)22(2,3)25-20(29)17-8-9-18(23)31-17/h6-9,12H,5,10-11,13H2,1-4H3,(H,24,30)(H,25,29). The summed E-state index contributed by atoms with van der Waals surface area (Å²) < 4.78 is 0.852. The van der Waals surface area contributed by atoms with Crippen LogP contribution in [0.2, 0.25) is 0 Å². The minimum atomic E-state index is -1.11. The summed E-state index contributed by atoms with van der Waals surface area (Å²) in [7, 11) is 1.95. The van der Waals surface area contributed by atoms with Gasteiger partial charge in [-0.3, -0.25) is 19.3 Å². The molecule has 7 nitrogen and oxygen atoms in total. The lowest BCUT2D eigenvalue weighted by molar-refractivity contribution is -0.121. The lowest BCUT2D eigenvalue weighted by Crippen LogP contribution is -2.52. The molecule has 0 atom stereocenters. The molecule has 1 aliphatic rings. The van der Waals surface area contributed by atoms with Gasteiger partial charge < -0.3 is 15.5 Å². The minimum Gasteiger partial charge on any atom is -0.337 e. The number of benzene rings is 1. The Bertz CT molecular complexity index is 1000. The van der Waals surface area contributed by atoms with E-state index < -0.39 is 5.54 Å². The molecule has 9 heteroatoms. The third-order valence-electron chi connectivity index (χ3n) is 5.16. The van der Waals surface area contributed by atoms with Gasteiger partial charge in [-0.25, -0.2) is 0 Å². The molecule has 0 aliphatic carbocycles. The number of nitrogens with zero attached hydrogens (tertiary/aromatic N) is 2. The maximum absolute atomic E-state index is 12.8. The van der Waals surface area contributed by atoms with E-state index in [1.165, 1.54) is 11.3 Å². The first-order valence-electron chi connectivity index (χ1n) is 10.1. The summed E-state index contributed by atoms with van der Waals surface area (Å²) in [5.41, 5.74) is 1.27. The summed E-state index contributed by atoms with van der Waals surface area (Å²) >= 11 is 4.65. The van der Waals surface area contributed by atoms with E-state index in [-0.39, 0.29) is 17.7 Å². The number of nitrogens with one attached hydrogen (secondary N) is 2. The van der Waals surface area contributed by atoms with Crippen molar-refractivity contribution in [1.29, 1.82) is 0 Å². The molecule has 1 saturated heterocycles. The molecule has 1 aliphatic heterocycles. The summed E-state index contributed by atoms with van der Waals surface area (Å²) in [5.74, 6) is -0.549. The van der Waals surface area contributed by atoms with Gasteiger partial charge in [0.1, 0.15) is 5.54 Å². The van der Waals surface area contributed by atoms with Crippen LogP contribution in [0.25, 0.3) is 0 Å². The predicted octanol–water partition coefficient (Wildman–Crippen LogP) is 3.63. The lowest BCUT2D eigenvalue weighted by atomic mass is 10.0. The fourth-order valence-corrected chi connectivity index (χ4v) is 4.72. The highest BCUT2D eigenvalue weighted by Gasteiger charge is 2.30. The molecule has 3 rings (SSSR count). The Morgan fingerprint density at radius 2 is 1.90 bits per heavy atom. The van der Waals surface area contributed by atoms with E-state index in [0.29, 0.717) is 23.7 Å². The molecule has 0 bridgehead atoms. The molecule has 1 aromatic heterocycles. The van der Waals surface area contributed by atoms with E-state index in [1.54, 1.807) is 32.0 Å². The van der Waals surface area contributed by atoms with E-state index >= 15 is 0 Å². The van der Waals surface area contributed by atoms with Crippen LogP contribution in [0.1, 0.15) is 35.5 Å². The van der Waals surface area contributed by atoms with Crippen LogP contribution in [0.4, 0.5) is 11.4 Å². The number of thiophene rings is 1. The van der Waals surface area contributed by atoms with Crippen LogP contribution in [0, 0.1) is 6.92 Å². The topological polar surface area (TPSA) is 81.8 Å². The Labute approximate surface area is 194 Å². The Morgan fingerprint density at radius 3 is 2.55 bits per heavy atom. The van der Waals surface area contributed by atoms with Crippen molar-refractivity contribution in [2.45, 2.75) is 32.7 Å². The van der Waals surface area contributed by atoms with Gasteiger partial charge in [-0.15, -0.1) is 11.3 Å². The van der Waals surface area contributed by atoms with Crippen molar-refractivity contribution in [3.63, 3.8) is 0 Å². The minimum absolute atomic E-state index is 0.0731. The van der Waals surface area contributed by atoms with Crippen molar-refractivity contribution in [1.82, 2.24) is 10.2 Å². The first kappa shape index (κ1) is 23.4. The number of likely N-dealkylation sites (N-methyl/N-ethyl adjacent to an activating group) is 1. The number of amides is 3. The third kappa shape index (κ3) is 5.72. The van der Waals surface area contributed by atoms with Gasteiger partial charge >= 0.3 is 0 Å². The van der Waals surface area contributed by atoms with Crippen molar-refractivity contribution >= 4 is 56.4 Å². The normalized spacial score (nSPS) is 15.5. The van der Waals surface area contributed by atoms with E-state index in [9.17, 15) is 14.4 Å². The molecular weight excluding hydrogens is 480 g/mol. The van der Waals surface area contributed by atoms with E-state index in [2.05, 4.69) is 26.6 Å². The molecule has 0 saturated carbocycles. The Balaban J connectivity index is 1.69. The molecule has 1 aromatic carbocycles. The number of carbonyl (C=O) groups excluding carboxylic acids is 3. The van der Waals surface area contributed by atoms with Gasteiger partial charge in [0.2, 0.25) is 11.8 Å². The van der Waals surface area contributed by atoms with Gasteiger partial charge in [-0.2, -0.15) is 0 Å². The molecule has 2 heterocycles. The van der Waals surface area contributed by atoms with Crippen molar-refractivity contribution in [3.05, 3.63) is 44.6 Å². The predicted molar refractivity (Wildman–Crippen MR) is 128 cm³/mol. The first-order chi connectivity index (χ1) is 14.6. The number of carbonyl (C=O) groups is 3. The first-order valence-corrected chi connectivity index (χ1v) is 11.7. The average Bonchev–Trinajstić information content (AvgIpc) is 3.04. The zero-order chi connectivity index (χ0) is 22.8. The highest BCUT2D eigenvalue weighted by Crippen LogP contribution is 2.26. The van der Waals surface area contributed by atoms with E-state index in [4.69, 9.17) is 0 Å². The van der Waals surface area contributed by atoms with Gasteiger partial charge in [-0.1, -0.05) is 0 Å². The molecule has 3 amide bonds. The third-order valence-corrected chi connectivity index (χ3v) is 6.79. The molecule has 2 aromatic rings. The number of aryl methyl sites for hydroxylation is 1. The second-order valence-electron chi connectivity index (χ2n) is 8.27. The fourth-order valence-electron chi connectivity index (χ4n) is 3.44. The van der Waals surface area contributed by atoms with Crippen molar-refractivity contribution in [2.75, 3.05) is 36.9 Å². The zero-order valence-electron chi connectivity index (χ0n) is 18.1. The van der Waals surface area contributed by atoms with Crippen LogP contribution in [-0.4, -0.2) is 54.8 Å². The fraction of sp³-hybridized carbons (Fsp3) is 0.409. The van der Waals surface area contributed by atoms with Gasteiger partial charge in [0.05, 0.1) is 15.2 Å². The highest BCUT2D eigenvalue weighted by molar-refractivity contribution is 9.11. The van der Waals surface area contributed by atoms with Crippen molar-refractivity contribution in [3.8, 4) is 0 Å². The van der Waals surface area contributed by atoms with E-state index in [1.807, 2.05) is 35.9 Å². The maximum Gasteiger partial charge on any atom is 0.262 e. The van der Waals surface area contributed by atoms with Gasteiger partial charge in [0, 0.05) is 24.5 Å². The number of hydrogen-bond donors (Lipinski definition) is 2. The van der Waals surface area contributed by atoms with Crippen LogP contribution < -0.4 is 15.5 Å². The van der Waals surface area contributed by atoms with Crippen LogP contribution >= 0.6 is 27.3 Å². The molecule has 1 fully saturated rings. The van der Waals surface area contributed by atoms with Gasteiger partial charge in [0.15, 0.2) is 0 Å². The van der Waals surface area contributed by atoms with Crippen LogP contribution in [0.3, 0.4) is 0 Å². The second kappa shape index (κ2) is 9.50. The number of anilines is 2. The lowest BCUT2D eigenvalue weighted by Gasteiger charge is -2.26. The molecule has 0 radical (unpaired) electrons. The second-order valence-corrected chi connectivity index (χ2v) is 10.7. The van der Waals surface area contributed by atoms with Crippen molar-refractivity contribution in [2.24, 2.45) is 0 Å². The Hall–Kier alpha value is -2.23. The highest BCUT2D eigenvalue weighted by atomic mass is 79.9. The molecular formula is C22H27BrN4O3S. The summed E-state index contributed by atoms with van der Waals surface area (Å²) in [6, 6.07) is 9.01. The SMILES string of the molecule is Cc1cc(NC(=O)C(C)(C)NC(=O)c2ccc(Br)s2)ccc1N1CCCN(C)CC1=O. The molecule has 166 valence electrons. The van der Waals surface area contributed by atoms with E-state index in [0.717, 1.165) is 28.0 Å². The number of rotatable bonds is 5. The van der Waals surface area contributed by atoms with Gasteiger partial charge in [0.25, 0.3) is 5.91 Å². The van der Waals surface area contributed by atoms with Crippen LogP contribution in [0.15, 0.2) is 34.1 Å². The maximum atomic E-state index is 12.8. The number of halogens is 1. The summed E-state index contributed by atoms with van der Waals surface area (Å²) in [6.45, 7) is 7.21.